The Morgan fingerprint density at radius 1 is 1.25 bits per heavy atom. The SMILES string of the molecule is Cc1c(C(=O)Nc2nc3c(C)cccc3s2)oc2ccc(Cl)cc12. The van der Waals surface area contributed by atoms with Gasteiger partial charge in [0, 0.05) is 16.0 Å². The Hall–Kier alpha value is -2.37. The molecule has 0 unspecified atom stereocenters. The molecular weight excluding hydrogens is 344 g/mol. The molecule has 0 spiro atoms. The quantitative estimate of drug-likeness (QED) is 0.511. The molecule has 0 atom stereocenters. The maximum atomic E-state index is 12.6. The van der Waals surface area contributed by atoms with Crippen molar-refractivity contribution in [1.82, 2.24) is 4.98 Å². The number of aromatic nitrogens is 1. The number of carbonyl (C=O) groups excluding carboxylic acids is 1. The van der Waals surface area contributed by atoms with E-state index in [4.69, 9.17) is 16.0 Å². The highest BCUT2D eigenvalue weighted by molar-refractivity contribution is 7.22. The standard InChI is InChI=1S/C18H13ClN2O2S/c1-9-4-3-5-14-15(9)20-18(24-14)21-17(22)16-10(2)12-8-11(19)6-7-13(12)23-16/h3-8H,1-2H3,(H,20,21,22). The summed E-state index contributed by atoms with van der Waals surface area (Å²) in [5.74, 6) is -0.0280. The molecule has 1 N–H and O–H groups in total. The van der Waals surface area contributed by atoms with E-state index in [1.165, 1.54) is 11.3 Å². The van der Waals surface area contributed by atoms with Gasteiger partial charge in [-0.1, -0.05) is 35.1 Å². The number of carbonyl (C=O) groups is 1. The van der Waals surface area contributed by atoms with Crippen molar-refractivity contribution in [3.63, 3.8) is 0 Å². The Morgan fingerprint density at radius 3 is 2.88 bits per heavy atom. The average Bonchev–Trinajstić information content (AvgIpc) is 3.10. The number of aryl methyl sites for hydroxylation is 2. The van der Waals surface area contributed by atoms with Crippen molar-refractivity contribution in [3.8, 4) is 0 Å². The molecule has 2 heterocycles. The molecule has 4 nitrogen and oxygen atoms in total. The summed E-state index contributed by atoms with van der Waals surface area (Å²) < 4.78 is 6.73. The summed E-state index contributed by atoms with van der Waals surface area (Å²) >= 11 is 7.46. The average molecular weight is 357 g/mol. The minimum absolute atomic E-state index is 0.281. The van der Waals surface area contributed by atoms with Crippen LogP contribution in [0, 0.1) is 13.8 Å². The van der Waals surface area contributed by atoms with Crippen LogP contribution in [0.15, 0.2) is 40.8 Å². The summed E-state index contributed by atoms with van der Waals surface area (Å²) in [6, 6.07) is 11.3. The normalized spacial score (nSPS) is 11.3. The highest BCUT2D eigenvalue weighted by Crippen LogP contribution is 2.31. The van der Waals surface area contributed by atoms with Crippen LogP contribution in [0.1, 0.15) is 21.7 Å². The van der Waals surface area contributed by atoms with Crippen LogP contribution in [-0.2, 0) is 0 Å². The van der Waals surface area contributed by atoms with Crippen LogP contribution in [0.25, 0.3) is 21.2 Å². The van der Waals surface area contributed by atoms with Crippen LogP contribution < -0.4 is 5.32 Å². The topological polar surface area (TPSA) is 55.1 Å². The second kappa shape index (κ2) is 5.61. The molecule has 0 fully saturated rings. The molecule has 0 saturated carbocycles. The van der Waals surface area contributed by atoms with Crippen molar-refractivity contribution >= 4 is 55.2 Å². The fourth-order valence-electron chi connectivity index (χ4n) is 2.70. The molecule has 0 aliphatic heterocycles. The molecule has 0 aliphatic carbocycles. The Bertz CT molecular complexity index is 1100. The number of fused-ring (bicyclic) bond motifs is 2. The number of furan rings is 1. The molecule has 4 aromatic rings. The number of nitrogens with zero attached hydrogens (tertiary/aromatic N) is 1. The number of amides is 1. The van der Waals surface area contributed by atoms with Gasteiger partial charge in [0.1, 0.15) is 5.58 Å². The van der Waals surface area contributed by atoms with E-state index in [1.807, 2.05) is 32.0 Å². The maximum absolute atomic E-state index is 12.6. The van der Waals surface area contributed by atoms with Crippen LogP contribution in [0.4, 0.5) is 5.13 Å². The van der Waals surface area contributed by atoms with Gasteiger partial charge in [-0.25, -0.2) is 4.98 Å². The zero-order valence-corrected chi connectivity index (χ0v) is 14.6. The summed E-state index contributed by atoms with van der Waals surface area (Å²) in [5.41, 5.74) is 3.40. The lowest BCUT2D eigenvalue weighted by Gasteiger charge is -1.98. The first-order chi connectivity index (χ1) is 11.5. The fraction of sp³-hybridized carbons (Fsp3) is 0.111. The molecule has 2 aromatic carbocycles. The lowest BCUT2D eigenvalue weighted by Crippen LogP contribution is -2.11. The molecule has 0 bridgehead atoms. The predicted molar refractivity (Wildman–Crippen MR) is 98.3 cm³/mol. The van der Waals surface area contributed by atoms with Gasteiger partial charge in [0.15, 0.2) is 10.9 Å². The van der Waals surface area contributed by atoms with Crippen LogP contribution >= 0.6 is 22.9 Å². The highest BCUT2D eigenvalue weighted by Gasteiger charge is 2.19. The minimum Gasteiger partial charge on any atom is -0.451 e. The van der Waals surface area contributed by atoms with Gasteiger partial charge in [-0.2, -0.15) is 0 Å². The van der Waals surface area contributed by atoms with Crippen LogP contribution in [0.3, 0.4) is 0 Å². The van der Waals surface area contributed by atoms with E-state index in [1.54, 1.807) is 18.2 Å². The van der Waals surface area contributed by atoms with Gasteiger partial charge in [0.25, 0.3) is 5.91 Å². The number of hydrogen-bond acceptors (Lipinski definition) is 4. The molecule has 24 heavy (non-hydrogen) atoms. The van der Waals surface area contributed by atoms with Gasteiger partial charge in [-0.3, -0.25) is 10.1 Å². The van der Waals surface area contributed by atoms with E-state index >= 15 is 0 Å². The fourth-order valence-corrected chi connectivity index (χ4v) is 3.81. The lowest BCUT2D eigenvalue weighted by atomic mass is 10.1. The Kier molecular flexibility index (Phi) is 3.55. The second-order valence-electron chi connectivity index (χ2n) is 5.59. The first-order valence-corrected chi connectivity index (χ1v) is 8.58. The number of halogens is 1. The summed E-state index contributed by atoms with van der Waals surface area (Å²) in [6.45, 7) is 3.85. The second-order valence-corrected chi connectivity index (χ2v) is 7.06. The molecule has 6 heteroatoms. The van der Waals surface area contributed by atoms with Crippen LogP contribution in [0.2, 0.25) is 5.02 Å². The lowest BCUT2D eigenvalue weighted by molar-refractivity contribution is 0.0998. The monoisotopic (exact) mass is 356 g/mol. The molecule has 0 aliphatic rings. The summed E-state index contributed by atoms with van der Waals surface area (Å²) in [4.78, 5) is 17.1. The molecular formula is C18H13ClN2O2S. The largest absolute Gasteiger partial charge is 0.451 e. The third-order valence-electron chi connectivity index (χ3n) is 3.95. The number of thiazole rings is 1. The predicted octanol–water partition coefficient (Wildman–Crippen LogP) is 5.57. The smallest absolute Gasteiger partial charge is 0.293 e. The van der Waals surface area contributed by atoms with E-state index in [0.717, 1.165) is 26.7 Å². The van der Waals surface area contributed by atoms with Gasteiger partial charge in [0.2, 0.25) is 0 Å². The van der Waals surface area contributed by atoms with Crippen molar-refractivity contribution in [2.24, 2.45) is 0 Å². The summed E-state index contributed by atoms with van der Waals surface area (Å²) in [5, 5.41) is 4.84. The molecule has 4 rings (SSSR count). The van der Waals surface area contributed by atoms with Crippen molar-refractivity contribution in [3.05, 3.63) is 58.3 Å². The van der Waals surface area contributed by atoms with Gasteiger partial charge in [-0.05, 0) is 43.7 Å². The van der Waals surface area contributed by atoms with Gasteiger partial charge in [-0.15, -0.1) is 0 Å². The number of benzene rings is 2. The van der Waals surface area contributed by atoms with Crippen molar-refractivity contribution in [2.45, 2.75) is 13.8 Å². The first-order valence-electron chi connectivity index (χ1n) is 7.39. The van der Waals surface area contributed by atoms with Crippen molar-refractivity contribution in [2.75, 3.05) is 5.32 Å². The molecule has 0 saturated heterocycles. The van der Waals surface area contributed by atoms with E-state index in [0.29, 0.717) is 15.7 Å². The van der Waals surface area contributed by atoms with E-state index < -0.39 is 0 Å². The highest BCUT2D eigenvalue weighted by atomic mass is 35.5. The Labute approximate surface area is 147 Å². The molecule has 1 amide bonds. The van der Waals surface area contributed by atoms with Gasteiger partial charge >= 0.3 is 0 Å². The number of anilines is 1. The number of nitrogens with one attached hydrogen (secondary N) is 1. The minimum atomic E-state index is -0.309. The molecule has 0 radical (unpaired) electrons. The zero-order chi connectivity index (χ0) is 16.8. The van der Waals surface area contributed by atoms with Gasteiger partial charge < -0.3 is 4.42 Å². The Balaban J connectivity index is 1.70. The van der Waals surface area contributed by atoms with Crippen molar-refractivity contribution in [1.29, 1.82) is 0 Å². The van der Waals surface area contributed by atoms with E-state index in [9.17, 15) is 4.79 Å². The first kappa shape index (κ1) is 15.2. The van der Waals surface area contributed by atoms with Gasteiger partial charge in [0.05, 0.1) is 10.2 Å². The number of hydrogen-bond donors (Lipinski definition) is 1. The maximum Gasteiger partial charge on any atom is 0.293 e. The third kappa shape index (κ3) is 2.46. The zero-order valence-electron chi connectivity index (χ0n) is 13.0. The van der Waals surface area contributed by atoms with E-state index in [2.05, 4.69) is 10.3 Å². The number of para-hydroxylation sites is 1. The summed E-state index contributed by atoms with van der Waals surface area (Å²) in [7, 11) is 0. The van der Waals surface area contributed by atoms with Crippen LogP contribution in [0.5, 0.6) is 0 Å². The third-order valence-corrected chi connectivity index (χ3v) is 5.12. The molecule has 120 valence electrons. The van der Waals surface area contributed by atoms with E-state index in [-0.39, 0.29) is 11.7 Å². The summed E-state index contributed by atoms with van der Waals surface area (Å²) in [6.07, 6.45) is 0. The molecule has 2 aromatic heterocycles. The number of rotatable bonds is 2. The Morgan fingerprint density at radius 2 is 2.08 bits per heavy atom. The van der Waals surface area contributed by atoms with Crippen LogP contribution in [-0.4, -0.2) is 10.9 Å². The van der Waals surface area contributed by atoms with Crippen molar-refractivity contribution < 1.29 is 9.21 Å².